The average Bonchev–Trinajstić information content (AvgIpc) is 2.16. The predicted octanol–water partition coefficient (Wildman–Crippen LogP) is 2.92. The van der Waals surface area contributed by atoms with E-state index in [1.807, 2.05) is 0 Å². The normalized spacial score (nSPS) is 10.7. The van der Waals surface area contributed by atoms with Gasteiger partial charge in [0.05, 0.1) is 5.69 Å². The summed E-state index contributed by atoms with van der Waals surface area (Å²) in [7, 11) is 0. The van der Waals surface area contributed by atoms with Crippen molar-refractivity contribution in [1.29, 1.82) is 0 Å². The number of aromatic nitrogens is 1. The zero-order valence-corrected chi connectivity index (χ0v) is 9.38. The van der Waals surface area contributed by atoms with E-state index in [4.69, 9.17) is 5.11 Å². The van der Waals surface area contributed by atoms with Crippen molar-refractivity contribution in [2.45, 2.75) is 18.7 Å². The highest BCUT2D eigenvalue weighted by molar-refractivity contribution is 9.08. The number of hydrogen-bond donors (Lipinski definition) is 1. The number of rotatable bonds is 3. The Kier molecular flexibility index (Phi) is 3.73. The monoisotopic (exact) mass is 279 g/mol. The summed E-state index contributed by atoms with van der Waals surface area (Å²) in [6.07, 6.45) is -2.65. The third-order valence-electron chi connectivity index (χ3n) is 1.89. The van der Waals surface area contributed by atoms with Crippen molar-refractivity contribution in [2.24, 2.45) is 0 Å². The van der Waals surface area contributed by atoms with Gasteiger partial charge in [-0.3, -0.25) is 0 Å². The first-order valence-electron chi connectivity index (χ1n) is 4.05. The van der Waals surface area contributed by atoms with Crippen molar-refractivity contribution in [3.8, 4) is 0 Å². The van der Waals surface area contributed by atoms with Gasteiger partial charge < -0.3 is 5.11 Å². The fourth-order valence-electron chi connectivity index (χ4n) is 1.19. The molecule has 0 amide bonds. The second-order valence-corrected chi connectivity index (χ2v) is 3.49. The van der Waals surface area contributed by atoms with Crippen molar-refractivity contribution >= 4 is 21.9 Å². The fraction of sp³-hybridized carbons (Fsp3) is 0.333. The maximum absolute atomic E-state index is 12.5. The standard InChI is InChI=1S/C9H8BrF2NO2/c1-4-2-5(8(11)12)6(3-10)13-7(4)9(14)15/h2,8H,3H2,1H3,(H,14,15). The van der Waals surface area contributed by atoms with Crippen LogP contribution in [0.25, 0.3) is 0 Å². The SMILES string of the molecule is Cc1cc(C(F)F)c(CBr)nc1C(=O)O. The minimum atomic E-state index is -2.65. The molecule has 15 heavy (non-hydrogen) atoms. The molecule has 1 rings (SSSR count). The molecule has 3 nitrogen and oxygen atoms in total. The lowest BCUT2D eigenvalue weighted by atomic mass is 10.1. The van der Waals surface area contributed by atoms with E-state index in [0.717, 1.165) is 6.07 Å². The van der Waals surface area contributed by atoms with Crippen LogP contribution in [0.4, 0.5) is 8.78 Å². The average molecular weight is 280 g/mol. The molecular formula is C9H8BrF2NO2. The molecule has 1 heterocycles. The van der Waals surface area contributed by atoms with Gasteiger partial charge in [0.25, 0.3) is 6.43 Å². The largest absolute Gasteiger partial charge is 0.477 e. The van der Waals surface area contributed by atoms with Gasteiger partial charge in [0, 0.05) is 10.9 Å². The first kappa shape index (κ1) is 12.0. The van der Waals surface area contributed by atoms with Crippen LogP contribution in [0.2, 0.25) is 0 Å². The highest BCUT2D eigenvalue weighted by Gasteiger charge is 2.18. The van der Waals surface area contributed by atoms with E-state index in [-0.39, 0.29) is 27.8 Å². The van der Waals surface area contributed by atoms with Crippen LogP contribution >= 0.6 is 15.9 Å². The van der Waals surface area contributed by atoms with Crippen LogP contribution in [0.15, 0.2) is 6.07 Å². The molecule has 6 heteroatoms. The number of aromatic carboxylic acids is 1. The maximum Gasteiger partial charge on any atom is 0.354 e. The van der Waals surface area contributed by atoms with Crippen molar-refractivity contribution in [3.63, 3.8) is 0 Å². The second kappa shape index (κ2) is 4.65. The number of nitrogens with zero attached hydrogens (tertiary/aromatic N) is 1. The number of halogens is 3. The van der Waals surface area contributed by atoms with E-state index in [1.54, 1.807) is 0 Å². The third kappa shape index (κ3) is 2.50. The van der Waals surface area contributed by atoms with Crippen LogP contribution in [0.5, 0.6) is 0 Å². The molecule has 1 N–H and O–H groups in total. The Hall–Kier alpha value is -1.04. The molecule has 1 aromatic rings. The van der Waals surface area contributed by atoms with E-state index in [2.05, 4.69) is 20.9 Å². The molecule has 0 atom stereocenters. The number of alkyl halides is 3. The number of carboxylic acids is 1. The molecule has 0 saturated carbocycles. The van der Waals surface area contributed by atoms with Gasteiger partial charge in [0.2, 0.25) is 0 Å². The molecule has 0 aliphatic carbocycles. The lowest BCUT2D eigenvalue weighted by Gasteiger charge is -2.08. The maximum atomic E-state index is 12.5. The van der Waals surface area contributed by atoms with Crippen molar-refractivity contribution in [1.82, 2.24) is 4.98 Å². The van der Waals surface area contributed by atoms with Gasteiger partial charge in [0.15, 0.2) is 5.69 Å². The summed E-state index contributed by atoms with van der Waals surface area (Å²) in [4.78, 5) is 14.4. The topological polar surface area (TPSA) is 50.2 Å². The Balaban J connectivity index is 3.35. The van der Waals surface area contributed by atoms with Gasteiger partial charge in [0.1, 0.15) is 0 Å². The molecule has 82 valence electrons. The first-order chi connectivity index (χ1) is 6.97. The van der Waals surface area contributed by atoms with E-state index in [1.165, 1.54) is 6.92 Å². The molecule has 0 saturated heterocycles. The smallest absolute Gasteiger partial charge is 0.354 e. The minimum absolute atomic E-state index is 0.0630. The summed E-state index contributed by atoms with van der Waals surface area (Å²) in [6.45, 7) is 1.44. The number of carboxylic acid groups (broad SMARTS) is 1. The predicted molar refractivity (Wildman–Crippen MR) is 53.5 cm³/mol. The molecule has 1 aromatic heterocycles. The molecule has 0 spiro atoms. The highest BCUT2D eigenvalue weighted by Crippen LogP contribution is 2.25. The summed E-state index contributed by atoms with van der Waals surface area (Å²) in [5.41, 5.74) is -0.112. The number of carbonyl (C=O) groups is 1. The van der Waals surface area contributed by atoms with E-state index in [9.17, 15) is 13.6 Å². The van der Waals surface area contributed by atoms with E-state index in [0.29, 0.717) is 0 Å². The van der Waals surface area contributed by atoms with Crippen LogP contribution in [0.3, 0.4) is 0 Å². The van der Waals surface area contributed by atoms with E-state index < -0.39 is 12.4 Å². The molecule has 0 bridgehead atoms. The van der Waals surface area contributed by atoms with Crippen LogP contribution in [0, 0.1) is 6.92 Å². The highest BCUT2D eigenvalue weighted by atomic mass is 79.9. The lowest BCUT2D eigenvalue weighted by Crippen LogP contribution is -2.08. The summed E-state index contributed by atoms with van der Waals surface area (Å²) < 4.78 is 25.0. The van der Waals surface area contributed by atoms with Crippen molar-refractivity contribution in [3.05, 3.63) is 28.6 Å². The Morgan fingerprint density at radius 3 is 2.67 bits per heavy atom. The van der Waals surface area contributed by atoms with Crippen molar-refractivity contribution < 1.29 is 18.7 Å². The Labute approximate surface area is 93.3 Å². The third-order valence-corrected chi connectivity index (χ3v) is 2.42. The van der Waals surface area contributed by atoms with Crippen LogP contribution in [-0.4, -0.2) is 16.1 Å². The van der Waals surface area contributed by atoms with Gasteiger partial charge >= 0.3 is 5.97 Å². The quantitative estimate of drug-likeness (QED) is 0.866. The lowest BCUT2D eigenvalue weighted by molar-refractivity contribution is 0.0688. The molecule has 0 fully saturated rings. The Morgan fingerprint density at radius 1 is 1.67 bits per heavy atom. The molecule has 0 radical (unpaired) electrons. The van der Waals surface area contributed by atoms with Gasteiger partial charge in [-0.05, 0) is 18.6 Å². The molecule has 0 unspecified atom stereocenters. The second-order valence-electron chi connectivity index (χ2n) is 2.93. The number of aryl methyl sites for hydroxylation is 1. The summed E-state index contributed by atoms with van der Waals surface area (Å²) in [5.74, 6) is -1.21. The molecule has 0 aliphatic heterocycles. The van der Waals surface area contributed by atoms with Gasteiger partial charge in [-0.25, -0.2) is 18.6 Å². The van der Waals surface area contributed by atoms with Crippen LogP contribution in [0.1, 0.15) is 33.7 Å². The molecular weight excluding hydrogens is 272 g/mol. The van der Waals surface area contributed by atoms with Crippen LogP contribution in [-0.2, 0) is 5.33 Å². The van der Waals surface area contributed by atoms with Crippen molar-refractivity contribution in [2.75, 3.05) is 0 Å². The van der Waals surface area contributed by atoms with Gasteiger partial charge in [-0.2, -0.15) is 0 Å². The first-order valence-corrected chi connectivity index (χ1v) is 5.17. The van der Waals surface area contributed by atoms with E-state index >= 15 is 0 Å². The number of pyridine rings is 1. The number of hydrogen-bond acceptors (Lipinski definition) is 2. The summed E-state index contributed by atoms with van der Waals surface area (Å²) >= 11 is 3.00. The zero-order valence-electron chi connectivity index (χ0n) is 7.80. The van der Waals surface area contributed by atoms with Gasteiger partial charge in [-0.1, -0.05) is 15.9 Å². The zero-order chi connectivity index (χ0) is 11.6. The fourth-order valence-corrected chi connectivity index (χ4v) is 1.63. The van der Waals surface area contributed by atoms with Gasteiger partial charge in [-0.15, -0.1) is 0 Å². The molecule has 0 aromatic carbocycles. The van der Waals surface area contributed by atoms with Crippen LogP contribution < -0.4 is 0 Å². The summed E-state index contributed by atoms with van der Waals surface area (Å²) in [5, 5.41) is 8.85. The Morgan fingerprint density at radius 2 is 2.27 bits per heavy atom. The summed E-state index contributed by atoms with van der Waals surface area (Å²) in [6, 6.07) is 1.16. The molecule has 0 aliphatic rings. The minimum Gasteiger partial charge on any atom is -0.477 e. The Bertz CT molecular complexity index is 396.